The summed E-state index contributed by atoms with van der Waals surface area (Å²) >= 11 is 0. The minimum absolute atomic E-state index is 0.0172. The van der Waals surface area contributed by atoms with E-state index in [-0.39, 0.29) is 36.7 Å². The van der Waals surface area contributed by atoms with Crippen LogP contribution in [0.3, 0.4) is 0 Å². The van der Waals surface area contributed by atoms with Gasteiger partial charge in [-0.05, 0) is 39.5 Å². The maximum absolute atomic E-state index is 11.6. The van der Waals surface area contributed by atoms with Crippen molar-refractivity contribution in [1.29, 1.82) is 0 Å². The van der Waals surface area contributed by atoms with E-state index in [1.807, 2.05) is 13.8 Å². The highest BCUT2D eigenvalue weighted by atomic mass is 16.6. The highest BCUT2D eigenvalue weighted by molar-refractivity contribution is 5.72. The van der Waals surface area contributed by atoms with Crippen LogP contribution >= 0.6 is 0 Å². The fraction of sp³-hybridized carbons (Fsp3) is 0.857. The van der Waals surface area contributed by atoms with Crippen LogP contribution in [0.2, 0.25) is 0 Å². The molecule has 110 valence electrons. The summed E-state index contributed by atoms with van der Waals surface area (Å²) in [6.07, 6.45) is 3.37. The summed E-state index contributed by atoms with van der Waals surface area (Å²) in [6.45, 7) is 5.82. The molecule has 1 atom stereocenters. The van der Waals surface area contributed by atoms with Crippen LogP contribution in [0.15, 0.2) is 0 Å². The summed E-state index contributed by atoms with van der Waals surface area (Å²) in [7, 11) is 0. The van der Waals surface area contributed by atoms with E-state index < -0.39 is 0 Å². The molecule has 0 aromatic carbocycles. The van der Waals surface area contributed by atoms with Gasteiger partial charge in [-0.25, -0.2) is 0 Å². The molecule has 0 amide bonds. The van der Waals surface area contributed by atoms with Crippen LogP contribution in [0.25, 0.3) is 0 Å². The second-order valence-electron chi connectivity index (χ2n) is 4.97. The van der Waals surface area contributed by atoms with Crippen molar-refractivity contribution >= 4 is 11.9 Å². The molecule has 1 aliphatic carbocycles. The second-order valence-corrected chi connectivity index (χ2v) is 4.97. The maximum Gasteiger partial charge on any atom is 0.308 e. The van der Waals surface area contributed by atoms with Gasteiger partial charge >= 0.3 is 11.9 Å². The van der Waals surface area contributed by atoms with E-state index in [0.29, 0.717) is 6.61 Å². The van der Waals surface area contributed by atoms with Crippen LogP contribution in [0, 0.1) is 5.92 Å². The zero-order chi connectivity index (χ0) is 14.3. The molecule has 1 rings (SSSR count). The van der Waals surface area contributed by atoms with Gasteiger partial charge in [-0.1, -0.05) is 0 Å². The van der Waals surface area contributed by atoms with E-state index in [1.54, 1.807) is 0 Å². The van der Waals surface area contributed by atoms with Gasteiger partial charge in [-0.3, -0.25) is 9.59 Å². The molecule has 5 heteroatoms. The van der Waals surface area contributed by atoms with E-state index in [0.717, 1.165) is 25.7 Å². The normalized spacial score (nSPS) is 24.6. The first-order valence-electron chi connectivity index (χ1n) is 6.98. The third-order valence-corrected chi connectivity index (χ3v) is 3.24. The number of hydrogen-bond acceptors (Lipinski definition) is 5. The summed E-state index contributed by atoms with van der Waals surface area (Å²) in [4.78, 5) is 22.3. The fourth-order valence-corrected chi connectivity index (χ4v) is 2.30. The van der Waals surface area contributed by atoms with Gasteiger partial charge in [0.1, 0.15) is 6.61 Å². The van der Waals surface area contributed by atoms with E-state index in [9.17, 15) is 9.59 Å². The van der Waals surface area contributed by atoms with Crippen molar-refractivity contribution in [2.45, 2.75) is 58.7 Å². The van der Waals surface area contributed by atoms with E-state index in [2.05, 4.69) is 0 Å². The molecule has 0 aromatic rings. The molecule has 5 nitrogen and oxygen atoms in total. The van der Waals surface area contributed by atoms with Crippen LogP contribution < -0.4 is 0 Å². The lowest BCUT2D eigenvalue weighted by molar-refractivity contribution is -0.153. The van der Waals surface area contributed by atoms with Crippen LogP contribution in [-0.4, -0.2) is 37.4 Å². The molecule has 0 N–H and O–H groups in total. The molecule has 0 heterocycles. The van der Waals surface area contributed by atoms with Gasteiger partial charge < -0.3 is 14.2 Å². The molecule has 1 unspecified atom stereocenters. The smallest absolute Gasteiger partial charge is 0.308 e. The zero-order valence-corrected chi connectivity index (χ0v) is 12.0. The SMILES string of the molecule is CCOC(=O)C1CCC(OC(C)COC(C)=O)CC1. The van der Waals surface area contributed by atoms with Crippen molar-refractivity contribution in [2.24, 2.45) is 5.92 Å². The lowest BCUT2D eigenvalue weighted by atomic mass is 9.87. The Bertz CT molecular complexity index is 294. The number of ether oxygens (including phenoxy) is 3. The predicted molar refractivity (Wildman–Crippen MR) is 69.6 cm³/mol. The van der Waals surface area contributed by atoms with Gasteiger partial charge in [-0.2, -0.15) is 0 Å². The highest BCUT2D eigenvalue weighted by Crippen LogP contribution is 2.27. The molecule has 1 aliphatic rings. The second kappa shape index (κ2) is 8.15. The summed E-state index contributed by atoms with van der Waals surface area (Å²) in [5.41, 5.74) is 0. The molecule has 0 bridgehead atoms. The Hall–Kier alpha value is -1.10. The average molecular weight is 272 g/mol. The van der Waals surface area contributed by atoms with Crippen molar-refractivity contribution in [1.82, 2.24) is 0 Å². The molecule has 0 aliphatic heterocycles. The number of rotatable bonds is 6. The molecular formula is C14H24O5. The third-order valence-electron chi connectivity index (χ3n) is 3.24. The van der Waals surface area contributed by atoms with Crippen molar-refractivity contribution in [3.63, 3.8) is 0 Å². The number of hydrogen-bond donors (Lipinski definition) is 0. The quantitative estimate of drug-likeness (QED) is 0.693. The summed E-state index contributed by atoms with van der Waals surface area (Å²) < 4.78 is 15.7. The van der Waals surface area contributed by atoms with Gasteiger partial charge in [0.15, 0.2) is 0 Å². The van der Waals surface area contributed by atoms with Crippen LogP contribution in [0.1, 0.15) is 46.5 Å². The molecule has 0 radical (unpaired) electrons. The van der Waals surface area contributed by atoms with E-state index >= 15 is 0 Å². The highest BCUT2D eigenvalue weighted by Gasteiger charge is 2.28. The molecule has 1 fully saturated rings. The van der Waals surface area contributed by atoms with E-state index in [1.165, 1.54) is 6.92 Å². The molecule has 19 heavy (non-hydrogen) atoms. The van der Waals surface area contributed by atoms with Crippen LogP contribution in [-0.2, 0) is 23.8 Å². The van der Waals surface area contributed by atoms with Gasteiger partial charge in [0.25, 0.3) is 0 Å². The maximum atomic E-state index is 11.6. The molecular weight excluding hydrogens is 248 g/mol. The first-order chi connectivity index (χ1) is 9.02. The van der Waals surface area contributed by atoms with Crippen molar-refractivity contribution < 1.29 is 23.8 Å². The standard InChI is InChI=1S/C14H24O5/c1-4-17-14(16)12-5-7-13(8-6-12)19-10(2)9-18-11(3)15/h10,12-13H,4-9H2,1-3H3. The van der Waals surface area contributed by atoms with Crippen LogP contribution in [0.5, 0.6) is 0 Å². The van der Waals surface area contributed by atoms with Crippen molar-refractivity contribution in [3.05, 3.63) is 0 Å². The number of esters is 2. The first-order valence-corrected chi connectivity index (χ1v) is 6.98. The predicted octanol–water partition coefficient (Wildman–Crippen LogP) is 2.08. The monoisotopic (exact) mass is 272 g/mol. The Morgan fingerprint density at radius 2 is 1.79 bits per heavy atom. The third kappa shape index (κ3) is 6.05. The Kier molecular flexibility index (Phi) is 6.84. The van der Waals surface area contributed by atoms with Gasteiger partial charge in [0.2, 0.25) is 0 Å². The van der Waals surface area contributed by atoms with Gasteiger partial charge in [0.05, 0.1) is 24.7 Å². The van der Waals surface area contributed by atoms with Crippen LogP contribution in [0.4, 0.5) is 0 Å². The molecule has 0 spiro atoms. The first kappa shape index (κ1) is 16.0. The van der Waals surface area contributed by atoms with Crippen molar-refractivity contribution in [3.8, 4) is 0 Å². The molecule has 1 saturated carbocycles. The molecule has 0 aromatic heterocycles. The Morgan fingerprint density at radius 3 is 2.32 bits per heavy atom. The lowest BCUT2D eigenvalue weighted by Crippen LogP contribution is -2.31. The minimum Gasteiger partial charge on any atom is -0.466 e. The summed E-state index contributed by atoms with van der Waals surface area (Å²) in [5, 5.41) is 0. The van der Waals surface area contributed by atoms with E-state index in [4.69, 9.17) is 14.2 Å². The summed E-state index contributed by atoms with van der Waals surface area (Å²) in [6, 6.07) is 0. The number of carbonyl (C=O) groups is 2. The van der Waals surface area contributed by atoms with Crippen molar-refractivity contribution in [2.75, 3.05) is 13.2 Å². The van der Waals surface area contributed by atoms with Gasteiger partial charge in [-0.15, -0.1) is 0 Å². The average Bonchev–Trinajstić information content (AvgIpc) is 2.37. The Labute approximate surface area is 114 Å². The Balaban J connectivity index is 2.22. The largest absolute Gasteiger partial charge is 0.466 e. The summed E-state index contributed by atoms with van der Waals surface area (Å²) in [5.74, 6) is -0.362. The minimum atomic E-state index is -0.290. The lowest BCUT2D eigenvalue weighted by Gasteiger charge is -2.29. The Morgan fingerprint density at radius 1 is 1.16 bits per heavy atom. The van der Waals surface area contributed by atoms with Gasteiger partial charge in [0, 0.05) is 6.92 Å². The molecule has 0 saturated heterocycles. The zero-order valence-electron chi connectivity index (χ0n) is 12.0. The topological polar surface area (TPSA) is 61.8 Å². The fourth-order valence-electron chi connectivity index (χ4n) is 2.30. The number of carbonyl (C=O) groups excluding carboxylic acids is 2.